The number of piperidine rings is 1. The minimum Gasteiger partial charge on any atom is -0.481 e. The van der Waals surface area contributed by atoms with Crippen LogP contribution in [0.3, 0.4) is 0 Å². The van der Waals surface area contributed by atoms with E-state index in [-0.39, 0.29) is 31.0 Å². The maximum atomic E-state index is 12.4. The molecule has 1 rings (SSSR count). The smallest absolute Gasteiger partial charge is 0.320 e. The number of nitrogens with zero attached hydrogens (tertiary/aromatic N) is 2. The number of aliphatic hydroxyl groups is 1. The van der Waals surface area contributed by atoms with E-state index in [9.17, 15) is 9.59 Å². The van der Waals surface area contributed by atoms with Gasteiger partial charge in [0.2, 0.25) is 0 Å². The molecular weight excluding hydrogens is 260 g/mol. The zero-order valence-corrected chi connectivity index (χ0v) is 12.4. The van der Waals surface area contributed by atoms with Gasteiger partial charge in [-0.25, -0.2) is 4.79 Å². The fourth-order valence-corrected chi connectivity index (χ4v) is 2.67. The van der Waals surface area contributed by atoms with Crippen LogP contribution in [0.25, 0.3) is 0 Å². The summed E-state index contributed by atoms with van der Waals surface area (Å²) >= 11 is 0. The van der Waals surface area contributed by atoms with Gasteiger partial charge in [0.05, 0.1) is 6.61 Å². The third-order valence-electron chi connectivity index (χ3n) is 3.77. The van der Waals surface area contributed by atoms with E-state index in [1.165, 1.54) is 0 Å². The number of aliphatic carboxylic acids is 1. The van der Waals surface area contributed by atoms with Gasteiger partial charge in [-0.05, 0) is 39.0 Å². The lowest BCUT2D eigenvalue weighted by Gasteiger charge is -2.37. The van der Waals surface area contributed by atoms with Gasteiger partial charge in [-0.2, -0.15) is 0 Å². The average molecular weight is 286 g/mol. The van der Waals surface area contributed by atoms with Crippen LogP contribution in [0.1, 0.15) is 39.5 Å². The molecule has 1 aliphatic rings. The van der Waals surface area contributed by atoms with Crippen molar-refractivity contribution in [2.45, 2.75) is 45.6 Å². The van der Waals surface area contributed by atoms with Crippen molar-refractivity contribution < 1.29 is 19.8 Å². The zero-order chi connectivity index (χ0) is 15.1. The van der Waals surface area contributed by atoms with Gasteiger partial charge in [0.25, 0.3) is 0 Å². The Balaban J connectivity index is 2.56. The number of carbonyl (C=O) groups is 2. The number of likely N-dealkylation sites (tertiary alicyclic amines) is 1. The second-order valence-corrected chi connectivity index (χ2v) is 5.68. The van der Waals surface area contributed by atoms with Crippen molar-refractivity contribution in [3.8, 4) is 0 Å². The molecule has 0 aromatic carbocycles. The monoisotopic (exact) mass is 286 g/mol. The third kappa shape index (κ3) is 5.00. The first kappa shape index (κ1) is 16.8. The summed E-state index contributed by atoms with van der Waals surface area (Å²) in [5, 5.41) is 17.8. The summed E-state index contributed by atoms with van der Waals surface area (Å²) in [6.07, 6.45) is 2.69. The number of urea groups is 1. The van der Waals surface area contributed by atoms with Crippen LogP contribution in [0.5, 0.6) is 0 Å². The summed E-state index contributed by atoms with van der Waals surface area (Å²) in [5.74, 6) is -0.510. The highest BCUT2D eigenvalue weighted by atomic mass is 16.4. The van der Waals surface area contributed by atoms with Gasteiger partial charge >= 0.3 is 12.0 Å². The Kier molecular flexibility index (Phi) is 6.78. The molecule has 0 radical (unpaired) electrons. The second-order valence-electron chi connectivity index (χ2n) is 5.68. The number of carboxylic acids is 1. The molecule has 20 heavy (non-hydrogen) atoms. The van der Waals surface area contributed by atoms with Gasteiger partial charge < -0.3 is 20.0 Å². The quantitative estimate of drug-likeness (QED) is 0.773. The van der Waals surface area contributed by atoms with Gasteiger partial charge in [0.1, 0.15) is 0 Å². The highest BCUT2D eigenvalue weighted by Crippen LogP contribution is 2.22. The van der Waals surface area contributed by atoms with E-state index in [2.05, 4.69) is 0 Å². The van der Waals surface area contributed by atoms with Gasteiger partial charge in [-0.15, -0.1) is 0 Å². The molecule has 0 aromatic rings. The molecule has 1 saturated heterocycles. The van der Waals surface area contributed by atoms with E-state index in [0.717, 1.165) is 19.4 Å². The first-order valence-electron chi connectivity index (χ1n) is 7.34. The first-order valence-corrected chi connectivity index (χ1v) is 7.34. The molecule has 0 bridgehead atoms. The number of carboxylic acid groups (broad SMARTS) is 1. The lowest BCUT2D eigenvalue weighted by atomic mass is 9.93. The first-order chi connectivity index (χ1) is 9.45. The zero-order valence-electron chi connectivity index (χ0n) is 12.4. The fraction of sp³-hybridized carbons (Fsp3) is 0.857. The molecule has 6 nitrogen and oxygen atoms in total. The standard InChI is InChI=1S/C14H26N2O4/c1-11(2)16(8-9-17)14(20)15-7-3-4-12(10-15)5-6-13(18)19/h11-12,17H,3-10H2,1-2H3,(H,18,19). The van der Waals surface area contributed by atoms with Gasteiger partial charge in [-0.1, -0.05) is 0 Å². The Labute approximate surface area is 120 Å². The molecule has 1 unspecified atom stereocenters. The SMILES string of the molecule is CC(C)N(CCO)C(=O)N1CCCC(CCC(=O)O)C1. The molecule has 0 aliphatic carbocycles. The van der Waals surface area contributed by atoms with Crippen LogP contribution in [-0.2, 0) is 4.79 Å². The number of aliphatic hydroxyl groups excluding tert-OH is 1. The van der Waals surface area contributed by atoms with E-state index in [1.54, 1.807) is 9.80 Å². The van der Waals surface area contributed by atoms with Crippen molar-refractivity contribution in [2.24, 2.45) is 5.92 Å². The molecule has 6 heteroatoms. The van der Waals surface area contributed by atoms with E-state index in [0.29, 0.717) is 19.5 Å². The van der Waals surface area contributed by atoms with Crippen molar-refractivity contribution in [3.05, 3.63) is 0 Å². The minimum atomic E-state index is -0.780. The Hall–Kier alpha value is -1.30. The molecular formula is C14H26N2O4. The lowest BCUT2D eigenvalue weighted by molar-refractivity contribution is -0.137. The maximum absolute atomic E-state index is 12.4. The Morgan fingerprint density at radius 3 is 2.65 bits per heavy atom. The van der Waals surface area contributed by atoms with Crippen molar-refractivity contribution in [1.82, 2.24) is 9.80 Å². The summed E-state index contributed by atoms with van der Waals surface area (Å²) in [6.45, 7) is 5.50. The van der Waals surface area contributed by atoms with E-state index >= 15 is 0 Å². The molecule has 0 spiro atoms. The maximum Gasteiger partial charge on any atom is 0.320 e. The molecule has 2 N–H and O–H groups in total. The fourth-order valence-electron chi connectivity index (χ4n) is 2.67. The van der Waals surface area contributed by atoms with Crippen LogP contribution in [0, 0.1) is 5.92 Å². The van der Waals surface area contributed by atoms with Gasteiger partial charge in [-0.3, -0.25) is 4.79 Å². The number of carbonyl (C=O) groups excluding carboxylic acids is 1. The molecule has 116 valence electrons. The Bertz CT molecular complexity index is 333. The summed E-state index contributed by atoms with van der Waals surface area (Å²) in [6, 6.07) is 0.00289. The summed E-state index contributed by atoms with van der Waals surface area (Å²) in [7, 11) is 0. The second kappa shape index (κ2) is 8.09. The molecule has 0 saturated carbocycles. The van der Waals surface area contributed by atoms with Crippen LogP contribution in [0.4, 0.5) is 4.79 Å². The predicted octanol–water partition coefficient (Wildman–Crippen LogP) is 1.39. The Morgan fingerprint density at radius 2 is 2.10 bits per heavy atom. The van der Waals surface area contributed by atoms with Gasteiger partial charge in [0.15, 0.2) is 0 Å². The summed E-state index contributed by atoms with van der Waals surface area (Å²) < 4.78 is 0. The number of hydrogen-bond acceptors (Lipinski definition) is 3. The van der Waals surface area contributed by atoms with Crippen LogP contribution >= 0.6 is 0 Å². The van der Waals surface area contributed by atoms with E-state index < -0.39 is 5.97 Å². The minimum absolute atomic E-state index is 0.0415. The largest absolute Gasteiger partial charge is 0.481 e. The topological polar surface area (TPSA) is 81.1 Å². The third-order valence-corrected chi connectivity index (χ3v) is 3.77. The van der Waals surface area contributed by atoms with Crippen LogP contribution in [-0.4, -0.2) is 64.3 Å². The number of rotatable bonds is 6. The van der Waals surface area contributed by atoms with Crippen LogP contribution < -0.4 is 0 Å². The van der Waals surface area contributed by atoms with Crippen molar-refractivity contribution in [2.75, 3.05) is 26.2 Å². The highest BCUT2D eigenvalue weighted by Gasteiger charge is 2.28. The average Bonchev–Trinajstić information content (AvgIpc) is 2.41. The lowest BCUT2D eigenvalue weighted by Crippen LogP contribution is -2.50. The number of amides is 2. The molecule has 0 aromatic heterocycles. The normalized spacial score (nSPS) is 19.2. The molecule has 1 heterocycles. The summed E-state index contributed by atoms with van der Waals surface area (Å²) in [4.78, 5) is 26.5. The van der Waals surface area contributed by atoms with Gasteiger partial charge in [0, 0.05) is 32.1 Å². The van der Waals surface area contributed by atoms with Crippen LogP contribution in [0.15, 0.2) is 0 Å². The Morgan fingerprint density at radius 1 is 1.40 bits per heavy atom. The highest BCUT2D eigenvalue weighted by molar-refractivity contribution is 5.75. The van der Waals surface area contributed by atoms with Crippen LogP contribution in [0.2, 0.25) is 0 Å². The molecule has 1 fully saturated rings. The molecule has 1 aliphatic heterocycles. The molecule has 2 amide bonds. The predicted molar refractivity (Wildman–Crippen MR) is 75.5 cm³/mol. The summed E-state index contributed by atoms with van der Waals surface area (Å²) in [5.41, 5.74) is 0. The molecule has 1 atom stereocenters. The van der Waals surface area contributed by atoms with E-state index in [4.69, 9.17) is 10.2 Å². The van der Waals surface area contributed by atoms with Crippen molar-refractivity contribution >= 4 is 12.0 Å². The van der Waals surface area contributed by atoms with Crippen molar-refractivity contribution in [1.29, 1.82) is 0 Å². The van der Waals surface area contributed by atoms with Crippen molar-refractivity contribution in [3.63, 3.8) is 0 Å². The number of hydrogen-bond donors (Lipinski definition) is 2. The van der Waals surface area contributed by atoms with E-state index in [1.807, 2.05) is 13.8 Å².